The van der Waals surface area contributed by atoms with Gasteiger partial charge < -0.3 is 10.1 Å². The van der Waals surface area contributed by atoms with Gasteiger partial charge in [0.25, 0.3) is 5.91 Å². The van der Waals surface area contributed by atoms with E-state index < -0.39 is 0 Å². The van der Waals surface area contributed by atoms with Gasteiger partial charge in [0.2, 0.25) is 0 Å². The van der Waals surface area contributed by atoms with E-state index in [1.54, 1.807) is 0 Å². The molecule has 1 amide bonds. The van der Waals surface area contributed by atoms with Crippen molar-refractivity contribution >= 4 is 39.1 Å². The summed E-state index contributed by atoms with van der Waals surface area (Å²) in [5.74, 6) is -0.598. The number of para-hydroxylation sites is 1. The number of carbonyl (C=O) groups excluding carboxylic acids is 2. The van der Waals surface area contributed by atoms with Crippen LogP contribution in [-0.4, -0.2) is 23.0 Å². The fourth-order valence-corrected chi connectivity index (χ4v) is 6.23. The number of ether oxygens (including phenoxy) is 1. The standard InChI is InChI=1S/C30H30N2O3S/c1-18(2)35-30(34)26-22-15-8-5-9-17-24(22)36-29(26)32-28(33)25-19(3)27(20-12-6-4-7-13-20)31-23-16-11-10-14-21(23)25/h4,6-7,10-14,16,18H,5,8-9,15,17H2,1-3H3,(H,32,33). The molecule has 0 atom stereocenters. The van der Waals surface area contributed by atoms with E-state index in [1.807, 2.05) is 75.4 Å². The molecule has 0 radical (unpaired) electrons. The van der Waals surface area contributed by atoms with Gasteiger partial charge in [0, 0.05) is 15.8 Å². The molecule has 36 heavy (non-hydrogen) atoms. The van der Waals surface area contributed by atoms with E-state index in [9.17, 15) is 9.59 Å². The molecule has 6 heteroatoms. The highest BCUT2D eigenvalue weighted by molar-refractivity contribution is 7.17. The highest BCUT2D eigenvalue weighted by Crippen LogP contribution is 2.39. The van der Waals surface area contributed by atoms with E-state index in [0.717, 1.165) is 65.4 Å². The first-order valence-electron chi connectivity index (χ1n) is 12.6. The summed E-state index contributed by atoms with van der Waals surface area (Å²) in [5.41, 5.74) is 5.44. The summed E-state index contributed by atoms with van der Waals surface area (Å²) < 4.78 is 5.61. The Morgan fingerprint density at radius 2 is 1.67 bits per heavy atom. The van der Waals surface area contributed by atoms with Crippen molar-refractivity contribution in [3.8, 4) is 11.3 Å². The van der Waals surface area contributed by atoms with Gasteiger partial charge in [-0.15, -0.1) is 11.3 Å². The Morgan fingerprint density at radius 3 is 2.44 bits per heavy atom. The number of benzene rings is 2. The van der Waals surface area contributed by atoms with E-state index in [-0.39, 0.29) is 18.0 Å². The topological polar surface area (TPSA) is 68.3 Å². The summed E-state index contributed by atoms with van der Waals surface area (Å²) in [5, 5.41) is 4.49. The van der Waals surface area contributed by atoms with E-state index in [0.29, 0.717) is 16.1 Å². The Bertz CT molecular complexity index is 1440. The largest absolute Gasteiger partial charge is 0.459 e. The fourth-order valence-electron chi connectivity index (χ4n) is 4.96. The Hall–Kier alpha value is -3.51. The zero-order valence-electron chi connectivity index (χ0n) is 20.9. The predicted molar refractivity (Wildman–Crippen MR) is 146 cm³/mol. The molecule has 1 aliphatic rings. The summed E-state index contributed by atoms with van der Waals surface area (Å²) in [4.78, 5) is 33.2. The maximum absolute atomic E-state index is 13.9. The van der Waals surface area contributed by atoms with Crippen LogP contribution >= 0.6 is 11.3 Å². The third-order valence-corrected chi connectivity index (χ3v) is 7.81. The van der Waals surface area contributed by atoms with Crippen molar-refractivity contribution in [1.82, 2.24) is 4.98 Å². The Morgan fingerprint density at radius 1 is 0.944 bits per heavy atom. The smallest absolute Gasteiger partial charge is 0.341 e. The molecular weight excluding hydrogens is 468 g/mol. The Kier molecular flexibility index (Phi) is 6.88. The highest BCUT2D eigenvalue weighted by Gasteiger charge is 2.28. The van der Waals surface area contributed by atoms with Crippen LogP contribution in [0.2, 0.25) is 0 Å². The molecule has 1 N–H and O–H groups in total. The number of aryl methyl sites for hydroxylation is 1. The van der Waals surface area contributed by atoms with Crippen LogP contribution < -0.4 is 5.32 Å². The number of amides is 1. The van der Waals surface area contributed by atoms with Gasteiger partial charge in [-0.3, -0.25) is 4.79 Å². The highest BCUT2D eigenvalue weighted by atomic mass is 32.1. The molecule has 0 aliphatic heterocycles. The fraction of sp³-hybridized carbons (Fsp3) is 0.300. The van der Waals surface area contributed by atoms with E-state index in [4.69, 9.17) is 9.72 Å². The van der Waals surface area contributed by atoms with Crippen molar-refractivity contribution in [3.05, 3.63) is 81.7 Å². The molecule has 0 saturated carbocycles. The van der Waals surface area contributed by atoms with Crippen LogP contribution in [0.3, 0.4) is 0 Å². The molecular formula is C30H30N2O3S. The quantitative estimate of drug-likeness (QED) is 0.231. The SMILES string of the molecule is Cc1c(-c2ccccc2)nc2ccccc2c1C(=O)Nc1sc2c(c1C(=O)OC(C)C)CCCCC2. The molecule has 0 spiro atoms. The Balaban J connectivity index is 1.61. The van der Waals surface area contributed by atoms with Gasteiger partial charge in [-0.25, -0.2) is 9.78 Å². The molecule has 4 aromatic rings. The molecule has 0 fully saturated rings. The molecule has 2 aromatic heterocycles. The van der Waals surface area contributed by atoms with Gasteiger partial charge in [0.05, 0.1) is 28.4 Å². The lowest BCUT2D eigenvalue weighted by molar-refractivity contribution is 0.0378. The molecule has 0 saturated heterocycles. The van der Waals surface area contributed by atoms with Crippen LogP contribution in [0.5, 0.6) is 0 Å². The van der Waals surface area contributed by atoms with Crippen molar-refractivity contribution in [3.63, 3.8) is 0 Å². The first-order chi connectivity index (χ1) is 17.4. The van der Waals surface area contributed by atoms with Gasteiger partial charge in [-0.2, -0.15) is 0 Å². The minimum Gasteiger partial charge on any atom is -0.459 e. The van der Waals surface area contributed by atoms with E-state index >= 15 is 0 Å². The molecule has 0 bridgehead atoms. The average molecular weight is 499 g/mol. The second kappa shape index (κ2) is 10.2. The number of fused-ring (bicyclic) bond motifs is 2. The van der Waals surface area contributed by atoms with E-state index in [1.165, 1.54) is 16.2 Å². The number of hydrogen-bond acceptors (Lipinski definition) is 5. The van der Waals surface area contributed by atoms with E-state index in [2.05, 4.69) is 5.32 Å². The number of aromatic nitrogens is 1. The molecule has 2 aromatic carbocycles. The number of hydrogen-bond donors (Lipinski definition) is 1. The van der Waals surface area contributed by atoms with Gasteiger partial charge in [0.15, 0.2) is 0 Å². The number of nitrogens with zero attached hydrogens (tertiary/aromatic N) is 1. The monoisotopic (exact) mass is 498 g/mol. The molecule has 5 rings (SSSR count). The Labute approximate surface area is 215 Å². The minimum atomic E-state index is -0.360. The average Bonchev–Trinajstić information content (AvgIpc) is 3.03. The summed E-state index contributed by atoms with van der Waals surface area (Å²) in [6.45, 7) is 5.63. The lowest BCUT2D eigenvalue weighted by Crippen LogP contribution is -2.18. The number of carbonyl (C=O) groups is 2. The van der Waals surface area contributed by atoms with Crippen LogP contribution in [0.1, 0.15) is 69.8 Å². The second-order valence-corrected chi connectivity index (χ2v) is 10.6. The summed E-state index contributed by atoms with van der Waals surface area (Å²) >= 11 is 1.52. The molecule has 184 valence electrons. The molecule has 0 unspecified atom stereocenters. The molecule has 5 nitrogen and oxygen atoms in total. The lowest BCUT2D eigenvalue weighted by Gasteiger charge is -2.15. The second-order valence-electron chi connectivity index (χ2n) is 9.52. The number of nitrogens with one attached hydrogen (secondary N) is 1. The van der Waals surface area contributed by atoms with Crippen LogP contribution in [-0.2, 0) is 17.6 Å². The maximum Gasteiger partial charge on any atom is 0.341 e. The zero-order chi connectivity index (χ0) is 25.2. The van der Waals surface area contributed by atoms with Crippen LogP contribution in [0.4, 0.5) is 5.00 Å². The maximum atomic E-state index is 13.9. The normalized spacial score (nSPS) is 13.3. The van der Waals surface area contributed by atoms with Gasteiger partial charge in [0.1, 0.15) is 5.00 Å². The number of thiophene rings is 1. The van der Waals surface area contributed by atoms with Crippen molar-refractivity contribution in [2.75, 3.05) is 5.32 Å². The first kappa shape index (κ1) is 24.2. The summed E-state index contributed by atoms with van der Waals surface area (Å²) in [7, 11) is 0. The number of rotatable bonds is 5. The predicted octanol–water partition coefficient (Wildman–Crippen LogP) is 7.36. The minimum absolute atomic E-state index is 0.234. The lowest BCUT2D eigenvalue weighted by atomic mass is 9.97. The third-order valence-electron chi connectivity index (χ3n) is 6.61. The zero-order valence-corrected chi connectivity index (χ0v) is 21.7. The number of esters is 1. The van der Waals surface area contributed by atoms with Gasteiger partial charge >= 0.3 is 5.97 Å². The van der Waals surface area contributed by atoms with Gasteiger partial charge in [-0.05, 0) is 63.6 Å². The van der Waals surface area contributed by atoms with Crippen molar-refractivity contribution in [2.45, 2.75) is 59.0 Å². The van der Waals surface area contributed by atoms with Crippen molar-refractivity contribution in [1.29, 1.82) is 0 Å². The van der Waals surface area contributed by atoms with Gasteiger partial charge in [-0.1, -0.05) is 55.0 Å². The van der Waals surface area contributed by atoms with Crippen molar-refractivity contribution < 1.29 is 14.3 Å². The molecule has 2 heterocycles. The van der Waals surface area contributed by atoms with Crippen molar-refractivity contribution in [2.24, 2.45) is 0 Å². The van der Waals surface area contributed by atoms with Crippen LogP contribution in [0, 0.1) is 6.92 Å². The van der Waals surface area contributed by atoms with Crippen LogP contribution in [0.25, 0.3) is 22.2 Å². The number of pyridine rings is 1. The summed E-state index contributed by atoms with van der Waals surface area (Å²) in [6, 6.07) is 17.6. The first-order valence-corrected chi connectivity index (χ1v) is 13.4. The third kappa shape index (κ3) is 4.65. The number of anilines is 1. The van der Waals surface area contributed by atoms with Crippen LogP contribution in [0.15, 0.2) is 54.6 Å². The summed E-state index contributed by atoms with van der Waals surface area (Å²) in [6.07, 6.45) is 4.79. The molecule has 1 aliphatic carbocycles.